The third-order valence-electron chi connectivity index (χ3n) is 4.35. The minimum absolute atomic E-state index is 0.0726. The predicted molar refractivity (Wildman–Crippen MR) is 116 cm³/mol. The Morgan fingerprint density at radius 2 is 1.81 bits per heavy atom. The number of carbonyl (C=O) groups is 2. The summed E-state index contributed by atoms with van der Waals surface area (Å²) in [6.45, 7) is 1.36. The van der Waals surface area contributed by atoms with Crippen LogP contribution in [0.1, 0.15) is 16.1 Å². The van der Waals surface area contributed by atoms with Crippen LogP contribution in [0.15, 0.2) is 59.5 Å². The average molecular weight is 462 g/mol. The van der Waals surface area contributed by atoms with Crippen molar-refractivity contribution in [3.63, 3.8) is 0 Å². The van der Waals surface area contributed by atoms with Crippen molar-refractivity contribution in [2.75, 3.05) is 13.6 Å². The number of aromatic amines is 1. The number of H-pyrrole nitrogens is 1. The summed E-state index contributed by atoms with van der Waals surface area (Å²) in [5, 5.41) is 7.16. The van der Waals surface area contributed by atoms with Gasteiger partial charge in [-0.3, -0.25) is 25.5 Å². The number of aryl methyl sites for hydroxylation is 1. The first-order valence-electron chi connectivity index (χ1n) is 9.10. The maximum atomic E-state index is 12.5. The molecule has 0 aliphatic carbocycles. The summed E-state index contributed by atoms with van der Waals surface area (Å²) in [4.78, 5) is 24.4. The van der Waals surface area contributed by atoms with Crippen LogP contribution in [0.5, 0.6) is 0 Å². The van der Waals surface area contributed by atoms with Gasteiger partial charge in [0.1, 0.15) is 5.69 Å². The van der Waals surface area contributed by atoms with Crippen LogP contribution in [-0.2, 0) is 14.8 Å². The lowest BCUT2D eigenvalue weighted by atomic mass is 10.1. The molecule has 0 spiro atoms. The van der Waals surface area contributed by atoms with Crippen molar-refractivity contribution in [2.24, 2.45) is 0 Å². The smallest absolute Gasteiger partial charge is 0.272 e. The van der Waals surface area contributed by atoms with E-state index in [1.54, 1.807) is 36.4 Å². The first-order valence-corrected chi connectivity index (χ1v) is 10.9. The SMILES string of the molecule is Cc1ccc(S(=O)(=O)N(C)CC(=O)NNC(=O)c2cc(-c3cccc(Cl)c3)n[nH]2)cc1. The van der Waals surface area contributed by atoms with E-state index in [9.17, 15) is 18.0 Å². The number of sulfonamides is 1. The highest BCUT2D eigenvalue weighted by Crippen LogP contribution is 2.21. The number of aromatic nitrogens is 2. The van der Waals surface area contributed by atoms with Gasteiger partial charge in [-0.25, -0.2) is 8.42 Å². The van der Waals surface area contributed by atoms with Crippen molar-refractivity contribution < 1.29 is 18.0 Å². The minimum atomic E-state index is -3.84. The number of hydrogen-bond acceptors (Lipinski definition) is 5. The van der Waals surface area contributed by atoms with Crippen LogP contribution in [0.3, 0.4) is 0 Å². The van der Waals surface area contributed by atoms with Crippen LogP contribution in [0.2, 0.25) is 5.02 Å². The highest BCUT2D eigenvalue weighted by atomic mass is 35.5. The third-order valence-corrected chi connectivity index (χ3v) is 6.41. The molecule has 0 unspecified atom stereocenters. The van der Waals surface area contributed by atoms with Crippen LogP contribution < -0.4 is 10.9 Å². The number of carbonyl (C=O) groups excluding carboxylic acids is 2. The molecule has 9 nitrogen and oxygen atoms in total. The summed E-state index contributed by atoms with van der Waals surface area (Å²) in [5.41, 5.74) is 6.65. The van der Waals surface area contributed by atoms with Crippen molar-refractivity contribution >= 4 is 33.4 Å². The molecule has 0 saturated carbocycles. The van der Waals surface area contributed by atoms with E-state index in [-0.39, 0.29) is 10.6 Å². The van der Waals surface area contributed by atoms with Crippen molar-refractivity contribution in [1.29, 1.82) is 0 Å². The maximum absolute atomic E-state index is 12.5. The average Bonchev–Trinajstić information content (AvgIpc) is 3.23. The van der Waals surface area contributed by atoms with E-state index in [4.69, 9.17) is 11.6 Å². The molecular formula is C20H20ClN5O4S. The zero-order valence-electron chi connectivity index (χ0n) is 16.7. The summed E-state index contributed by atoms with van der Waals surface area (Å²) >= 11 is 5.96. The van der Waals surface area contributed by atoms with Gasteiger partial charge in [0.2, 0.25) is 10.0 Å². The number of amides is 2. The first kappa shape index (κ1) is 22.5. The molecule has 3 rings (SSSR count). The van der Waals surface area contributed by atoms with Gasteiger partial charge in [0, 0.05) is 17.6 Å². The van der Waals surface area contributed by atoms with E-state index in [1.165, 1.54) is 25.2 Å². The number of likely N-dealkylation sites (N-methyl/N-ethyl adjacent to an activating group) is 1. The highest BCUT2D eigenvalue weighted by Gasteiger charge is 2.23. The molecule has 0 saturated heterocycles. The number of rotatable bonds is 6. The molecule has 0 aliphatic rings. The van der Waals surface area contributed by atoms with Crippen molar-refractivity contribution in [3.05, 3.63) is 70.9 Å². The molecule has 2 amide bonds. The van der Waals surface area contributed by atoms with Crippen LogP contribution in [0, 0.1) is 6.92 Å². The normalized spacial score (nSPS) is 11.4. The third kappa shape index (κ3) is 5.48. The lowest BCUT2D eigenvalue weighted by molar-refractivity contribution is -0.121. The second-order valence-electron chi connectivity index (χ2n) is 6.75. The Kier molecular flexibility index (Phi) is 6.74. The number of hydrogen-bond donors (Lipinski definition) is 3. The second-order valence-corrected chi connectivity index (χ2v) is 9.23. The number of nitrogens with one attached hydrogen (secondary N) is 3. The molecule has 162 valence electrons. The molecule has 1 heterocycles. The summed E-state index contributed by atoms with van der Waals surface area (Å²) in [5.74, 6) is -1.35. The van der Waals surface area contributed by atoms with E-state index in [0.717, 1.165) is 15.4 Å². The zero-order chi connectivity index (χ0) is 22.6. The minimum Gasteiger partial charge on any atom is -0.272 e. The molecule has 3 aromatic rings. The molecule has 0 radical (unpaired) electrons. The lowest BCUT2D eigenvalue weighted by Gasteiger charge is -2.17. The fourth-order valence-corrected chi connectivity index (χ4v) is 3.96. The van der Waals surface area contributed by atoms with Crippen LogP contribution in [0.25, 0.3) is 11.3 Å². The molecule has 3 N–H and O–H groups in total. The van der Waals surface area contributed by atoms with Crippen molar-refractivity contribution in [2.45, 2.75) is 11.8 Å². The Morgan fingerprint density at radius 3 is 2.48 bits per heavy atom. The molecule has 0 fully saturated rings. The van der Waals surface area contributed by atoms with Crippen LogP contribution >= 0.6 is 11.6 Å². The summed E-state index contributed by atoms with van der Waals surface area (Å²) in [7, 11) is -2.56. The van der Waals surface area contributed by atoms with E-state index in [1.807, 2.05) is 6.92 Å². The van der Waals surface area contributed by atoms with Gasteiger partial charge in [-0.15, -0.1) is 0 Å². The monoisotopic (exact) mass is 461 g/mol. The fraction of sp³-hybridized carbons (Fsp3) is 0.150. The molecule has 0 bridgehead atoms. The zero-order valence-corrected chi connectivity index (χ0v) is 18.3. The first-order chi connectivity index (χ1) is 14.7. The highest BCUT2D eigenvalue weighted by molar-refractivity contribution is 7.89. The largest absolute Gasteiger partial charge is 0.287 e. The van der Waals surface area contributed by atoms with Crippen LogP contribution in [-0.4, -0.2) is 48.3 Å². The van der Waals surface area contributed by atoms with E-state index in [2.05, 4.69) is 21.0 Å². The number of hydrazine groups is 1. The van der Waals surface area contributed by atoms with E-state index >= 15 is 0 Å². The Bertz CT molecular complexity index is 1210. The molecule has 1 aromatic heterocycles. The predicted octanol–water partition coefficient (Wildman–Crippen LogP) is 2.12. The van der Waals surface area contributed by atoms with Gasteiger partial charge in [0.25, 0.3) is 11.8 Å². The van der Waals surface area contributed by atoms with Gasteiger partial charge < -0.3 is 0 Å². The summed E-state index contributed by atoms with van der Waals surface area (Å²) in [6.07, 6.45) is 0. The molecule has 0 aliphatic heterocycles. The van der Waals surface area contributed by atoms with Gasteiger partial charge in [-0.1, -0.05) is 41.4 Å². The quantitative estimate of drug-likeness (QED) is 0.485. The van der Waals surface area contributed by atoms with Crippen molar-refractivity contribution in [3.8, 4) is 11.3 Å². The second kappa shape index (κ2) is 9.29. The van der Waals surface area contributed by atoms with Crippen molar-refractivity contribution in [1.82, 2.24) is 25.4 Å². The molecule has 2 aromatic carbocycles. The van der Waals surface area contributed by atoms with Gasteiger partial charge in [-0.2, -0.15) is 9.40 Å². The van der Waals surface area contributed by atoms with Gasteiger partial charge in [-0.05, 0) is 37.3 Å². The Balaban J connectivity index is 1.57. The number of halogens is 1. The number of benzene rings is 2. The lowest BCUT2D eigenvalue weighted by Crippen LogP contribution is -2.46. The van der Waals surface area contributed by atoms with E-state index in [0.29, 0.717) is 10.7 Å². The van der Waals surface area contributed by atoms with Gasteiger partial charge >= 0.3 is 0 Å². The Labute approximate surface area is 184 Å². The summed E-state index contributed by atoms with van der Waals surface area (Å²) in [6, 6.07) is 14.7. The fourth-order valence-electron chi connectivity index (χ4n) is 2.64. The maximum Gasteiger partial charge on any atom is 0.287 e. The standard InChI is InChI=1S/C20H20ClN5O4S/c1-13-6-8-16(9-7-13)31(29,30)26(2)12-19(27)24-25-20(28)18-11-17(22-23-18)14-4-3-5-15(21)10-14/h3-11H,12H2,1-2H3,(H,22,23)(H,24,27)(H,25,28). The molecule has 0 atom stereocenters. The molecule has 11 heteroatoms. The number of nitrogens with zero attached hydrogens (tertiary/aromatic N) is 2. The van der Waals surface area contributed by atoms with E-state index < -0.39 is 28.4 Å². The Morgan fingerprint density at radius 1 is 1.10 bits per heavy atom. The summed E-state index contributed by atoms with van der Waals surface area (Å²) < 4.78 is 26.0. The molecule has 31 heavy (non-hydrogen) atoms. The molecular weight excluding hydrogens is 442 g/mol. The van der Waals surface area contributed by atoms with Crippen LogP contribution in [0.4, 0.5) is 0 Å². The van der Waals surface area contributed by atoms with Gasteiger partial charge in [0.05, 0.1) is 17.1 Å². The topological polar surface area (TPSA) is 124 Å². The van der Waals surface area contributed by atoms with Gasteiger partial charge in [0.15, 0.2) is 0 Å². The Hall–Kier alpha value is -3.21.